The topological polar surface area (TPSA) is 106 Å². The monoisotopic (exact) mass is 489 g/mol. The fraction of sp³-hybridized carbons (Fsp3) is 0.542. The Kier molecular flexibility index (Phi) is 6.12. The average Bonchev–Trinajstić information content (AvgIpc) is 3.26. The number of halogens is 2. The summed E-state index contributed by atoms with van der Waals surface area (Å²) in [6.07, 6.45) is 3.28. The number of anilines is 1. The molecule has 9 nitrogen and oxygen atoms in total. The van der Waals surface area contributed by atoms with Crippen LogP contribution >= 0.6 is 0 Å². The van der Waals surface area contributed by atoms with Crippen molar-refractivity contribution in [1.82, 2.24) is 14.8 Å². The standard InChI is InChI=1S/C24H29F2N5O4/c1-33-29-19-13-23(35-20-3-2-16(25)12-18(19)20)4-10-31(11-5-23)21(32)24(26)6-8-30(9-7-24)15-17-14-28-22(27)34-17/h2-3,12,14H,4-11,13,15H2,1H3,(H2,27,28)/b29-19+. The Hall–Kier alpha value is -3.21. The average molecular weight is 490 g/mol. The van der Waals surface area contributed by atoms with E-state index in [0.717, 1.165) is 0 Å². The van der Waals surface area contributed by atoms with Crippen molar-refractivity contribution in [2.45, 2.75) is 49.9 Å². The molecule has 1 amide bonds. The summed E-state index contributed by atoms with van der Waals surface area (Å²) in [5, 5.41) is 4.10. The second-order valence-electron chi connectivity index (χ2n) is 9.52. The normalized spacial score (nSPS) is 22.6. The molecule has 0 bridgehead atoms. The lowest BCUT2D eigenvalue weighted by Crippen LogP contribution is -2.57. The van der Waals surface area contributed by atoms with Gasteiger partial charge in [-0.25, -0.2) is 13.8 Å². The summed E-state index contributed by atoms with van der Waals surface area (Å²) >= 11 is 0. The molecule has 188 valence electrons. The molecule has 35 heavy (non-hydrogen) atoms. The highest BCUT2D eigenvalue weighted by molar-refractivity contribution is 6.04. The molecule has 2 fully saturated rings. The number of alkyl halides is 1. The Morgan fingerprint density at radius 2 is 1.97 bits per heavy atom. The van der Waals surface area contributed by atoms with Crippen LogP contribution in [0, 0.1) is 5.82 Å². The Morgan fingerprint density at radius 3 is 2.63 bits per heavy atom. The molecule has 2 saturated heterocycles. The molecule has 1 spiro atoms. The number of carbonyl (C=O) groups excluding carboxylic acids is 1. The molecule has 2 N–H and O–H groups in total. The van der Waals surface area contributed by atoms with Gasteiger partial charge in [-0.3, -0.25) is 9.69 Å². The predicted octanol–water partition coefficient (Wildman–Crippen LogP) is 2.89. The first-order chi connectivity index (χ1) is 16.8. The Bertz CT molecular complexity index is 1120. The van der Waals surface area contributed by atoms with Crippen LogP contribution in [0.3, 0.4) is 0 Å². The fourth-order valence-corrected chi connectivity index (χ4v) is 5.25. The van der Waals surface area contributed by atoms with Crippen LogP contribution in [-0.4, -0.2) is 71.0 Å². The van der Waals surface area contributed by atoms with Crippen LogP contribution < -0.4 is 10.5 Å². The third kappa shape index (κ3) is 4.69. The molecule has 5 rings (SSSR count). The first-order valence-electron chi connectivity index (χ1n) is 11.8. The number of fused-ring (bicyclic) bond motifs is 1. The van der Waals surface area contributed by atoms with Gasteiger partial charge in [-0.1, -0.05) is 5.16 Å². The highest BCUT2D eigenvalue weighted by Crippen LogP contribution is 2.41. The quantitative estimate of drug-likeness (QED) is 0.658. The van der Waals surface area contributed by atoms with Gasteiger partial charge in [0.15, 0.2) is 5.67 Å². The lowest BCUT2D eigenvalue weighted by Gasteiger charge is -2.46. The predicted molar refractivity (Wildman–Crippen MR) is 123 cm³/mol. The van der Waals surface area contributed by atoms with Gasteiger partial charge in [0, 0.05) is 63.8 Å². The van der Waals surface area contributed by atoms with Crippen LogP contribution in [0.5, 0.6) is 5.75 Å². The fourth-order valence-electron chi connectivity index (χ4n) is 5.25. The van der Waals surface area contributed by atoms with Gasteiger partial charge in [-0.15, -0.1) is 0 Å². The number of hydrogen-bond donors (Lipinski definition) is 1. The highest BCUT2D eigenvalue weighted by atomic mass is 19.1. The number of benzene rings is 1. The number of aromatic nitrogens is 1. The number of rotatable bonds is 4. The molecule has 3 aliphatic rings. The molecular formula is C24H29F2N5O4. The van der Waals surface area contributed by atoms with E-state index in [2.05, 4.69) is 10.1 Å². The minimum atomic E-state index is -1.89. The van der Waals surface area contributed by atoms with Gasteiger partial charge in [0.1, 0.15) is 30.0 Å². The van der Waals surface area contributed by atoms with E-state index < -0.39 is 17.2 Å². The van der Waals surface area contributed by atoms with Gasteiger partial charge >= 0.3 is 0 Å². The number of nitrogens with zero attached hydrogens (tertiary/aromatic N) is 4. The van der Waals surface area contributed by atoms with Crippen molar-refractivity contribution in [3.8, 4) is 5.75 Å². The maximum atomic E-state index is 15.7. The van der Waals surface area contributed by atoms with Crippen molar-refractivity contribution in [2.24, 2.45) is 5.16 Å². The molecule has 3 aliphatic heterocycles. The van der Waals surface area contributed by atoms with Gasteiger partial charge in [0.05, 0.1) is 18.5 Å². The van der Waals surface area contributed by atoms with Crippen LogP contribution in [0.15, 0.2) is 34.0 Å². The van der Waals surface area contributed by atoms with Crippen LogP contribution in [-0.2, 0) is 16.2 Å². The van der Waals surface area contributed by atoms with Crippen molar-refractivity contribution in [2.75, 3.05) is 39.0 Å². The van der Waals surface area contributed by atoms with E-state index in [-0.39, 0.29) is 24.7 Å². The molecule has 2 aromatic rings. The van der Waals surface area contributed by atoms with Gasteiger partial charge in [0.2, 0.25) is 0 Å². The number of ether oxygens (including phenoxy) is 1. The summed E-state index contributed by atoms with van der Waals surface area (Å²) in [5.41, 5.74) is 4.21. The zero-order valence-corrected chi connectivity index (χ0v) is 19.6. The number of hydrogen-bond acceptors (Lipinski definition) is 8. The van der Waals surface area contributed by atoms with Gasteiger partial charge in [-0.05, 0) is 18.2 Å². The van der Waals surface area contributed by atoms with Crippen molar-refractivity contribution in [3.63, 3.8) is 0 Å². The number of nitrogen functional groups attached to an aromatic ring is 1. The molecule has 0 unspecified atom stereocenters. The number of oxime groups is 1. The number of piperidine rings is 2. The van der Waals surface area contributed by atoms with Crippen LogP contribution in [0.25, 0.3) is 0 Å². The first kappa shape index (κ1) is 23.5. The van der Waals surface area contributed by atoms with E-state index in [9.17, 15) is 9.18 Å². The van der Waals surface area contributed by atoms with Crippen LogP contribution in [0.1, 0.15) is 43.4 Å². The number of likely N-dealkylation sites (tertiary alicyclic amines) is 2. The minimum Gasteiger partial charge on any atom is -0.486 e. The molecule has 0 saturated carbocycles. The number of oxazole rings is 1. The number of nitrogens with two attached hydrogens (primary N) is 1. The van der Waals surface area contributed by atoms with Gasteiger partial charge in [0.25, 0.3) is 11.9 Å². The van der Waals surface area contributed by atoms with Crippen molar-refractivity contribution in [3.05, 3.63) is 41.5 Å². The molecular weight excluding hydrogens is 460 g/mol. The van der Waals surface area contributed by atoms with Crippen molar-refractivity contribution in [1.29, 1.82) is 0 Å². The summed E-state index contributed by atoms with van der Waals surface area (Å²) < 4.78 is 41.1. The summed E-state index contributed by atoms with van der Waals surface area (Å²) in [7, 11) is 1.45. The first-order valence-corrected chi connectivity index (χ1v) is 11.8. The molecule has 0 atom stereocenters. The second kappa shape index (κ2) is 9.10. The molecule has 1 aromatic carbocycles. The third-order valence-corrected chi connectivity index (χ3v) is 7.21. The molecule has 11 heteroatoms. The Labute approximate surface area is 201 Å². The third-order valence-electron chi connectivity index (χ3n) is 7.21. The van der Waals surface area contributed by atoms with Gasteiger partial charge < -0.3 is 24.6 Å². The van der Waals surface area contributed by atoms with Crippen LogP contribution in [0.4, 0.5) is 14.8 Å². The summed E-state index contributed by atoms with van der Waals surface area (Å²) in [6, 6.07) is 4.42. The van der Waals surface area contributed by atoms with Crippen LogP contribution in [0.2, 0.25) is 0 Å². The van der Waals surface area contributed by atoms with E-state index in [0.29, 0.717) is 74.8 Å². The van der Waals surface area contributed by atoms with E-state index in [1.807, 2.05) is 4.90 Å². The SMILES string of the molecule is CO/N=C1\CC2(CCN(C(=O)C3(F)CCN(Cc4cnc(N)o4)CC3)CC2)Oc2ccc(F)cc21. The molecule has 0 aliphatic carbocycles. The summed E-state index contributed by atoms with van der Waals surface area (Å²) in [6.45, 7) is 2.11. The zero-order valence-electron chi connectivity index (χ0n) is 19.6. The molecule has 4 heterocycles. The Balaban J connectivity index is 1.20. The molecule has 1 aromatic heterocycles. The zero-order chi connectivity index (χ0) is 24.6. The van der Waals surface area contributed by atoms with Crippen molar-refractivity contribution >= 4 is 17.6 Å². The van der Waals surface area contributed by atoms with E-state index >= 15 is 4.39 Å². The maximum absolute atomic E-state index is 15.7. The second-order valence-corrected chi connectivity index (χ2v) is 9.52. The summed E-state index contributed by atoms with van der Waals surface area (Å²) in [4.78, 5) is 25.7. The molecule has 0 radical (unpaired) electrons. The maximum Gasteiger partial charge on any atom is 0.292 e. The smallest absolute Gasteiger partial charge is 0.292 e. The largest absolute Gasteiger partial charge is 0.486 e. The minimum absolute atomic E-state index is 0.105. The van der Waals surface area contributed by atoms with E-state index in [4.69, 9.17) is 19.7 Å². The van der Waals surface area contributed by atoms with Gasteiger partial charge in [-0.2, -0.15) is 0 Å². The van der Waals surface area contributed by atoms with E-state index in [1.54, 1.807) is 17.2 Å². The summed E-state index contributed by atoms with van der Waals surface area (Å²) in [5.74, 6) is 0.322. The van der Waals surface area contributed by atoms with E-state index in [1.165, 1.54) is 19.2 Å². The lowest BCUT2D eigenvalue weighted by molar-refractivity contribution is -0.151. The number of carbonyl (C=O) groups is 1. The highest BCUT2D eigenvalue weighted by Gasteiger charge is 2.48. The Morgan fingerprint density at radius 1 is 1.23 bits per heavy atom. The lowest BCUT2D eigenvalue weighted by atomic mass is 9.81. The van der Waals surface area contributed by atoms with Crippen molar-refractivity contribution < 1.29 is 27.6 Å². The number of amides is 1.